The maximum absolute atomic E-state index is 12.5. The van der Waals surface area contributed by atoms with Gasteiger partial charge in [-0.2, -0.15) is 0 Å². The Morgan fingerprint density at radius 1 is 1.04 bits per heavy atom. The Kier molecular flexibility index (Phi) is 6.06. The largest absolute Gasteiger partial charge is 0.491 e. The fraction of sp³-hybridized carbons (Fsp3) is 0.368. The molecule has 0 radical (unpaired) electrons. The number of rotatable bonds is 7. The summed E-state index contributed by atoms with van der Waals surface area (Å²) in [4.78, 5) is 0.151. The van der Waals surface area contributed by atoms with Crippen LogP contribution in [0.5, 0.6) is 0 Å². The van der Waals surface area contributed by atoms with Crippen molar-refractivity contribution in [3.05, 3.63) is 54.1 Å². The van der Waals surface area contributed by atoms with Crippen molar-refractivity contribution < 1.29 is 23.2 Å². The molecule has 0 aliphatic rings. The monoisotopic (exact) mass is 391 g/mol. The van der Waals surface area contributed by atoms with Gasteiger partial charge in [-0.05, 0) is 64.3 Å². The van der Waals surface area contributed by atoms with Crippen LogP contribution in [0.2, 0.25) is 0 Å². The summed E-state index contributed by atoms with van der Waals surface area (Å²) in [6.45, 7) is 8.39. The molecule has 8 heteroatoms. The molecule has 0 heterocycles. The van der Waals surface area contributed by atoms with Crippen molar-refractivity contribution in [1.29, 1.82) is 0 Å². The predicted molar refractivity (Wildman–Crippen MR) is 107 cm³/mol. The highest BCUT2D eigenvalue weighted by atomic mass is 32.2. The Balaban J connectivity index is 2.21. The summed E-state index contributed by atoms with van der Waals surface area (Å²) in [5.41, 5.74) is -0.568. The van der Waals surface area contributed by atoms with Gasteiger partial charge in [0.1, 0.15) is 0 Å². The summed E-state index contributed by atoms with van der Waals surface area (Å²) in [5.74, 6) is 0. The molecule has 0 saturated carbocycles. The minimum absolute atomic E-state index is 0.151. The first-order valence-electron chi connectivity index (χ1n) is 8.59. The molecular formula is C19H26BNO5S. The first kappa shape index (κ1) is 21.4. The van der Waals surface area contributed by atoms with Crippen LogP contribution in [0, 0.1) is 6.92 Å². The average Bonchev–Trinajstić information content (AvgIpc) is 2.53. The van der Waals surface area contributed by atoms with E-state index in [1.807, 2.05) is 6.92 Å². The highest BCUT2D eigenvalue weighted by Crippen LogP contribution is 2.25. The number of benzene rings is 2. The number of anilines is 1. The third-order valence-electron chi connectivity index (χ3n) is 4.63. The molecule has 2 rings (SSSR count). The Morgan fingerprint density at radius 3 is 2.19 bits per heavy atom. The molecule has 27 heavy (non-hydrogen) atoms. The maximum atomic E-state index is 12.5. The third kappa shape index (κ3) is 5.32. The van der Waals surface area contributed by atoms with Crippen molar-refractivity contribution in [2.45, 2.75) is 50.7 Å². The van der Waals surface area contributed by atoms with Gasteiger partial charge in [-0.3, -0.25) is 4.72 Å². The quantitative estimate of drug-likeness (QED) is 0.628. The molecule has 0 spiro atoms. The number of hydrogen-bond acceptors (Lipinski definition) is 5. The topological polar surface area (TPSA) is 95.9 Å². The minimum atomic E-state index is -3.74. The Morgan fingerprint density at radius 2 is 1.63 bits per heavy atom. The lowest BCUT2D eigenvalue weighted by Crippen LogP contribution is -2.53. The molecule has 2 aromatic carbocycles. The zero-order valence-electron chi connectivity index (χ0n) is 16.2. The van der Waals surface area contributed by atoms with Gasteiger partial charge >= 0.3 is 7.12 Å². The first-order valence-corrected chi connectivity index (χ1v) is 10.1. The molecule has 0 aliphatic carbocycles. The summed E-state index contributed by atoms with van der Waals surface area (Å²) in [7, 11) is -5.07. The van der Waals surface area contributed by atoms with Gasteiger partial charge in [-0.15, -0.1) is 0 Å². The number of aliphatic hydroxyl groups is 1. The van der Waals surface area contributed by atoms with Crippen molar-refractivity contribution in [2.24, 2.45) is 0 Å². The number of nitrogens with one attached hydrogen (secondary N) is 1. The molecule has 0 amide bonds. The van der Waals surface area contributed by atoms with Gasteiger partial charge < -0.3 is 14.8 Å². The normalized spacial score (nSPS) is 12.7. The second-order valence-corrected chi connectivity index (χ2v) is 9.27. The Hall–Kier alpha value is -1.87. The third-order valence-corrected chi connectivity index (χ3v) is 6.03. The second kappa shape index (κ2) is 7.63. The number of sulfonamides is 1. The van der Waals surface area contributed by atoms with Crippen molar-refractivity contribution in [3.8, 4) is 0 Å². The highest BCUT2D eigenvalue weighted by Gasteiger charge is 2.39. The van der Waals surface area contributed by atoms with Gasteiger partial charge in [0, 0.05) is 5.69 Å². The Bertz CT molecular complexity index is 889. The van der Waals surface area contributed by atoms with E-state index in [1.54, 1.807) is 58.0 Å². The summed E-state index contributed by atoms with van der Waals surface area (Å²) < 4.78 is 33.1. The van der Waals surface area contributed by atoms with E-state index in [2.05, 4.69) is 4.72 Å². The van der Waals surface area contributed by atoms with Crippen LogP contribution in [0.15, 0.2) is 53.4 Å². The van der Waals surface area contributed by atoms with Crippen molar-refractivity contribution in [3.63, 3.8) is 0 Å². The summed E-state index contributed by atoms with van der Waals surface area (Å²) >= 11 is 0. The summed E-state index contributed by atoms with van der Waals surface area (Å²) in [6, 6.07) is 12.8. The van der Waals surface area contributed by atoms with E-state index in [0.717, 1.165) is 5.56 Å². The average molecular weight is 391 g/mol. The van der Waals surface area contributed by atoms with E-state index in [0.29, 0.717) is 11.2 Å². The van der Waals surface area contributed by atoms with Gasteiger partial charge in [0.2, 0.25) is 0 Å². The molecule has 0 aromatic heterocycles. The molecule has 6 nitrogen and oxygen atoms in total. The van der Waals surface area contributed by atoms with Crippen LogP contribution >= 0.6 is 0 Å². The fourth-order valence-electron chi connectivity index (χ4n) is 2.18. The molecule has 0 saturated heterocycles. The number of aryl methyl sites for hydroxylation is 1. The second-order valence-electron chi connectivity index (χ2n) is 7.58. The molecule has 0 aliphatic heterocycles. The van der Waals surface area contributed by atoms with Crippen LogP contribution in [0.4, 0.5) is 5.69 Å². The Labute approximate surface area is 161 Å². The first-order chi connectivity index (χ1) is 12.3. The summed E-state index contributed by atoms with van der Waals surface area (Å²) in [5, 5.41) is 20.5. The smallest absolute Gasteiger partial charge is 0.423 e. The van der Waals surface area contributed by atoms with Crippen LogP contribution in [-0.4, -0.2) is 36.9 Å². The zero-order chi connectivity index (χ0) is 20.5. The lowest BCUT2D eigenvalue weighted by Gasteiger charge is -2.38. The van der Waals surface area contributed by atoms with E-state index in [4.69, 9.17) is 4.65 Å². The van der Waals surface area contributed by atoms with E-state index in [9.17, 15) is 18.5 Å². The molecule has 0 fully saturated rings. The van der Waals surface area contributed by atoms with Crippen LogP contribution in [0.25, 0.3) is 0 Å². The lowest BCUT2D eigenvalue weighted by molar-refractivity contribution is -0.0982. The summed E-state index contributed by atoms with van der Waals surface area (Å²) in [6.07, 6.45) is 0. The molecule has 0 bridgehead atoms. The standard InChI is InChI=1S/C19H26BNO5S/c1-14-9-11-17(12-10-14)27(24,25)21-16-8-6-7-15(13-16)20(23)26-19(4,5)18(2,3)22/h6-13,21-23H,1-5H3. The highest BCUT2D eigenvalue weighted by molar-refractivity contribution is 7.92. The van der Waals surface area contributed by atoms with Crippen LogP contribution in [0.3, 0.4) is 0 Å². The molecule has 3 N–H and O–H groups in total. The SMILES string of the molecule is Cc1ccc(S(=O)(=O)Nc2cccc(B(O)OC(C)(C)C(C)(C)O)c2)cc1. The zero-order valence-corrected chi connectivity index (χ0v) is 17.0. The van der Waals surface area contributed by atoms with Gasteiger partial charge in [-0.25, -0.2) is 8.42 Å². The van der Waals surface area contributed by atoms with E-state index < -0.39 is 28.3 Å². The van der Waals surface area contributed by atoms with Gasteiger partial charge in [0.05, 0.1) is 16.1 Å². The van der Waals surface area contributed by atoms with E-state index in [1.165, 1.54) is 18.2 Å². The van der Waals surface area contributed by atoms with Crippen LogP contribution < -0.4 is 10.2 Å². The molecule has 146 valence electrons. The minimum Gasteiger partial charge on any atom is -0.423 e. The van der Waals surface area contributed by atoms with E-state index in [-0.39, 0.29) is 4.90 Å². The number of hydrogen-bond donors (Lipinski definition) is 3. The van der Waals surface area contributed by atoms with Gasteiger partial charge in [0.25, 0.3) is 10.0 Å². The fourth-order valence-corrected chi connectivity index (χ4v) is 3.23. The maximum Gasteiger partial charge on any atom is 0.491 e. The molecule has 0 unspecified atom stereocenters. The lowest BCUT2D eigenvalue weighted by atomic mass is 9.76. The molecule has 0 atom stereocenters. The van der Waals surface area contributed by atoms with Crippen molar-refractivity contribution in [1.82, 2.24) is 0 Å². The van der Waals surface area contributed by atoms with Gasteiger partial charge in [-0.1, -0.05) is 29.8 Å². The van der Waals surface area contributed by atoms with E-state index >= 15 is 0 Å². The van der Waals surface area contributed by atoms with Crippen molar-refractivity contribution in [2.75, 3.05) is 4.72 Å². The van der Waals surface area contributed by atoms with Crippen LogP contribution in [-0.2, 0) is 14.7 Å². The van der Waals surface area contributed by atoms with Crippen LogP contribution in [0.1, 0.15) is 33.3 Å². The van der Waals surface area contributed by atoms with Gasteiger partial charge in [0.15, 0.2) is 0 Å². The predicted octanol–water partition coefficient (Wildman–Crippen LogP) is 2.05. The molecular weight excluding hydrogens is 365 g/mol. The molecule has 2 aromatic rings. The van der Waals surface area contributed by atoms with Crippen molar-refractivity contribution >= 4 is 28.3 Å².